The number of nitrogens with one attached hydrogen (secondary N) is 1. The van der Waals surface area contributed by atoms with E-state index in [1.54, 1.807) is 0 Å². The first-order valence-electron chi connectivity index (χ1n) is 5.72. The summed E-state index contributed by atoms with van der Waals surface area (Å²) in [5, 5.41) is 3.50. The van der Waals surface area contributed by atoms with E-state index in [0.717, 1.165) is 17.9 Å². The molecule has 0 amide bonds. The van der Waals surface area contributed by atoms with Crippen LogP contribution in [-0.2, 0) is 0 Å². The molecule has 1 nitrogen and oxygen atoms in total. The molecule has 0 aromatic carbocycles. The van der Waals surface area contributed by atoms with Crippen molar-refractivity contribution in [1.29, 1.82) is 0 Å². The molecule has 1 N–H and O–H groups in total. The van der Waals surface area contributed by atoms with Gasteiger partial charge >= 0.3 is 0 Å². The highest BCUT2D eigenvalue weighted by Crippen LogP contribution is 2.61. The van der Waals surface area contributed by atoms with Crippen LogP contribution in [0.3, 0.4) is 0 Å². The predicted octanol–water partition coefficient (Wildman–Crippen LogP) is 2.34. The molecule has 2 saturated carbocycles. The highest BCUT2D eigenvalue weighted by atomic mass is 14.9. The Morgan fingerprint density at radius 1 is 1.23 bits per heavy atom. The molecule has 0 aliphatic heterocycles. The van der Waals surface area contributed by atoms with Crippen molar-refractivity contribution in [3.05, 3.63) is 12.2 Å². The zero-order valence-electron chi connectivity index (χ0n) is 8.42. The van der Waals surface area contributed by atoms with Crippen LogP contribution in [0.2, 0.25) is 0 Å². The van der Waals surface area contributed by atoms with Gasteiger partial charge in [-0.2, -0.15) is 0 Å². The maximum absolute atomic E-state index is 3.50. The second-order valence-corrected chi connectivity index (χ2v) is 5.09. The summed E-state index contributed by atoms with van der Waals surface area (Å²) in [7, 11) is 2.13. The molecule has 3 rings (SSSR count). The van der Waals surface area contributed by atoms with Crippen LogP contribution < -0.4 is 5.32 Å². The van der Waals surface area contributed by atoms with Gasteiger partial charge in [0.05, 0.1) is 0 Å². The molecule has 13 heavy (non-hydrogen) atoms. The Morgan fingerprint density at radius 2 is 2.00 bits per heavy atom. The summed E-state index contributed by atoms with van der Waals surface area (Å²) in [5.74, 6) is 1.78. The van der Waals surface area contributed by atoms with Crippen LogP contribution >= 0.6 is 0 Å². The van der Waals surface area contributed by atoms with Crippen LogP contribution in [0.15, 0.2) is 12.2 Å². The SMILES string of the molecule is CN[C@@H]1C[C@@H]2C=C[C@H]1C21CCCC1. The molecule has 2 bridgehead atoms. The van der Waals surface area contributed by atoms with Crippen molar-refractivity contribution >= 4 is 0 Å². The van der Waals surface area contributed by atoms with Crippen molar-refractivity contribution in [2.75, 3.05) is 7.05 Å². The first-order chi connectivity index (χ1) is 6.37. The van der Waals surface area contributed by atoms with Gasteiger partial charge in [-0.15, -0.1) is 0 Å². The highest BCUT2D eigenvalue weighted by molar-refractivity contribution is 5.23. The highest BCUT2D eigenvalue weighted by Gasteiger charge is 2.56. The van der Waals surface area contributed by atoms with Gasteiger partial charge in [0.15, 0.2) is 0 Å². The summed E-state index contributed by atoms with van der Waals surface area (Å²) in [4.78, 5) is 0. The largest absolute Gasteiger partial charge is 0.316 e. The minimum absolute atomic E-state index is 0.716. The Hall–Kier alpha value is -0.300. The van der Waals surface area contributed by atoms with E-state index in [4.69, 9.17) is 0 Å². The third kappa shape index (κ3) is 0.864. The number of hydrogen-bond donors (Lipinski definition) is 1. The van der Waals surface area contributed by atoms with Crippen molar-refractivity contribution in [3.8, 4) is 0 Å². The van der Waals surface area contributed by atoms with Crippen LogP contribution in [0.25, 0.3) is 0 Å². The summed E-state index contributed by atoms with van der Waals surface area (Å²) in [6, 6.07) is 0.785. The average molecular weight is 177 g/mol. The van der Waals surface area contributed by atoms with Crippen LogP contribution in [0.4, 0.5) is 0 Å². The lowest BCUT2D eigenvalue weighted by Crippen LogP contribution is -2.33. The van der Waals surface area contributed by atoms with Gasteiger partial charge in [0.1, 0.15) is 0 Å². The van der Waals surface area contributed by atoms with Crippen molar-refractivity contribution in [1.82, 2.24) is 5.32 Å². The molecule has 1 heteroatoms. The molecule has 3 aliphatic carbocycles. The Balaban J connectivity index is 1.93. The Kier molecular flexibility index (Phi) is 1.61. The summed E-state index contributed by atoms with van der Waals surface area (Å²) < 4.78 is 0. The minimum Gasteiger partial charge on any atom is -0.316 e. The van der Waals surface area contributed by atoms with Gasteiger partial charge in [-0.05, 0) is 43.6 Å². The Labute approximate surface area is 80.6 Å². The van der Waals surface area contributed by atoms with Gasteiger partial charge in [-0.1, -0.05) is 25.0 Å². The zero-order valence-corrected chi connectivity index (χ0v) is 8.42. The van der Waals surface area contributed by atoms with Gasteiger partial charge < -0.3 is 5.32 Å². The van der Waals surface area contributed by atoms with Gasteiger partial charge in [-0.3, -0.25) is 0 Å². The number of hydrogen-bond acceptors (Lipinski definition) is 1. The predicted molar refractivity (Wildman–Crippen MR) is 54.5 cm³/mol. The topological polar surface area (TPSA) is 12.0 Å². The van der Waals surface area contributed by atoms with E-state index in [1.165, 1.54) is 32.1 Å². The second-order valence-electron chi connectivity index (χ2n) is 5.09. The van der Waals surface area contributed by atoms with E-state index < -0.39 is 0 Å². The molecule has 0 heterocycles. The first-order valence-corrected chi connectivity index (χ1v) is 5.72. The molecule has 2 fully saturated rings. The lowest BCUT2D eigenvalue weighted by molar-refractivity contribution is 0.211. The molecule has 1 spiro atoms. The zero-order chi connectivity index (χ0) is 8.89. The quantitative estimate of drug-likeness (QED) is 0.606. The molecular weight excluding hydrogens is 158 g/mol. The van der Waals surface area contributed by atoms with E-state index in [0.29, 0.717) is 5.41 Å². The minimum atomic E-state index is 0.716. The monoisotopic (exact) mass is 177 g/mol. The van der Waals surface area contributed by atoms with Gasteiger partial charge in [-0.25, -0.2) is 0 Å². The second kappa shape index (κ2) is 2.60. The number of rotatable bonds is 1. The molecule has 3 aliphatic rings. The molecule has 0 aromatic heterocycles. The van der Waals surface area contributed by atoms with Gasteiger partial charge in [0.25, 0.3) is 0 Å². The third-order valence-electron chi connectivity index (χ3n) is 4.80. The smallest absolute Gasteiger partial charge is 0.0138 e. The molecule has 0 radical (unpaired) electrons. The summed E-state index contributed by atoms with van der Waals surface area (Å²) in [5.41, 5.74) is 0.716. The average Bonchev–Trinajstić information content (AvgIpc) is 2.84. The summed E-state index contributed by atoms with van der Waals surface area (Å²) >= 11 is 0. The van der Waals surface area contributed by atoms with Gasteiger partial charge in [0.2, 0.25) is 0 Å². The third-order valence-corrected chi connectivity index (χ3v) is 4.80. The van der Waals surface area contributed by atoms with Crippen molar-refractivity contribution in [2.24, 2.45) is 17.3 Å². The normalized spacial score (nSPS) is 45.2. The molecule has 0 aromatic rings. The maximum Gasteiger partial charge on any atom is 0.0138 e. The van der Waals surface area contributed by atoms with Gasteiger partial charge in [0, 0.05) is 6.04 Å². The van der Waals surface area contributed by atoms with E-state index in [9.17, 15) is 0 Å². The van der Waals surface area contributed by atoms with Crippen LogP contribution in [0.1, 0.15) is 32.1 Å². The lowest BCUT2D eigenvalue weighted by atomic mass is 9.75. The van der Waals surface area contributed by atoms with Crippen molar-refractivity contribution < 1.29 is 0 Å². The molecule has 3 atom stereocenters. The van der Waals surface area contributed by atoms with Crippen molar-refractivity contribution in [2.45, 2.75) is 38.1 Å². The summed E-state index contributed by atoms with van der Waals surface area (Å²) in [6.07, 6.45) is 12.3. The summed E-state index contributed by atoms with van der Waals surface area (Å²) in [6.45, 7) is 0. The Morgan fingerprint density at radius 3 is 2.62 bits per heavy atom. The van der Waals surface area contributed by atoms with E-state index in [2.05, 4.69) is 24.5 Å². The Bertz CT molecular complexity index is 238. The lowest BCUT2D eigenvalue weighted by Gasteiger charge is -2.30. The molecule has 0 saturated heterocycles. The first kappa shape index (κ1) is 8.05. The molecule has 72 valence electrons. The molecule has 0 unspecified atom stereocenters. The number of allylic oxidation sites excluding steroid dienone is 1. The standard InChI is InChI=1S/C12H19N/c1-13-11-8-9-4-5-10(11)12(9)6-2-3-7-12/h4-5,9-11,13H,2-3,6-8H2,1H3/t9-,10+,11+/m0/s1. The van der Waals surface area contributed by atoms with Crippen LogP contribution in [0.5, 0.6) is 0 Å². The van der Waals surface area contributed by atoms with Crippen LogP contribution in [-0.4, -0.2) is 13.1 Å². The van der Waals surface area contributed by atoms with E-state index >= 15 is 0 Å². The van der Waals surface area contributed by atoms with E-state index in [-0.39, 0.29) is 0 Å². The maximum atomic E-state index is 3.50. The van der Waals surface area contributed by atoms with Crippen LogP contribution in [0, 0.1) is 17.3 Å². The fourth-order valence-corrected chi connectivity index (χ4v) is 4.19. The van der Waals surface area contributed by atoms with Crippen molar-refractivity contribution in [3.63, 3.8) is 0 Å². The fraction of sp³-hybridized carbons (Fsp3) is 0.833. The van der Waals surface area contributed by atoms with E-state index in [1.807, 2.05) is 0 Å². The molecular formula is C12H19N. The fourth-order valence-electron chi connectivity index (χ4n) is 4.19.